The number of benzene rings is 2. The molecule has 6 nitrogen and oxygen atoms in total. The summed E-state index contributed by atoms with van der Waals surface area (Å²) in [7, 11) is 0. The van der Waals surface area contributed by atoms with Gasteiger partial charge in [0.2, 0.25) is 5.91 Å². The molecule has 2 heterocycles. The van der Waals surface area contributed by atoms with Crippen LogP contribution in [0.2, 0.25) is 0 Å². The van der Waals surface area contributed by atoms with Crippen molar-refractivity contribution in [2.75, 3.05) is 70.4 Å². The van der Waals surface area contributed by atoms with Crippen LogP contribution >= 0.6 is 0 Å². The molecule has 0 aliphatic carbocycles. The molecule has 0 radical (unpaired) electrons. The first-order valence-electron chi connectivity index (χ1n) is 11.9. The molecule has 0 bridgehead atoms. The van der Waals surface area contributed by atoms with Crippen LogP contribution in [0.1, 0.15) is 18.1 Å². The molecule has 2 aliphatic rings. The van der Waals surface area contributed by atoms with E-state index in [2.05, 4.69) is 58.0 Å². The van der Waals surface area contributed by atoms with Gasteiger partial charge in [0.25, 0.3) is 0 Å². The van der Waals surface area contributed by atoms with Gasteiger partial charge in [-0.25, -0.2) is 0 Å². The number of nitrogens with zero attached hydrogens (tertiary/aromatic N) is 4. The first kappa shape index (κ1) is 22.6. The number of amides is 1. The second-order valence-corrected chi connectivity index (χ2v) is 8.84. The van der Waals surface area contributed by atoms with Gasteiger partial charge < -0.3 is 14.5 Å². The van der Waals surface area contributed by atoms with Gasteiger partial charge in [0, 0.05) is 64.6 Å². The second-order valence-electron chi connectivity index (χ2n) is 8.84. The van der Waals surface area contributed by atoms with Crippen molar-refractivity contribution in [2.45, 2.75) is 20.4 Å². The Morgan fingerprint density at radius 2 is 1.56 bits per heavy atom. The highest BCUT2D eigenvalue weighted by Gasteiger charge is 2.25. The minimum Gasteiger partial charge on any atom is -0.494 e. The van der Waals surface area contributed by atoms with Crippen molar-refractivity contribution < 1.29 is 9.53 Å². The molecule has 0 saturated carbocycles. The first-order chi connectivity index (χ1) is 15.6. The highest BCUT2D eigenvalue weighted by Crippen LogP contribution is 2.18. The van der Waals surface area contributed by atoms with Gasteiger partial charge in [-0.3, -0.25) is 14.6 Å². The molecule has 172 valence electrons. The Morgan fingerprint density at radius 3 is 2.22 bits per heavy atom. The molecule has 2 aliphatic heterocycles. The standard InChI is InChI=1S/C26H36N4O2/c1-3-32-25-9-7-23(8-10-25)20-27-11-13-28(14-12-27)21-26(31)30-17-15-29(16-18-30)24-6-4-5-22(2)19-24/h4-10,19H,3,11-18,20-21H2,1-2H3. The van der Waals surface area contributed by atoms with Crippen LogP contribution in [0, 0.1) is 6.92 Å². The minimum absolute atomic E-state index is 0.272. The van der Waals surface area contributed by atoms with Crippen molar-refractivity contribution >= 4 is 11.6 Å². The summed E-state index contributed by atoms with van der Waals surface area (Å²) in [5.74, 6) is 1.20. The van der Waals surface area contributed by atoms with E-state index in [1.54, 1.807) is 0 Å². The quantitative estimate of drug-likeness (QED) is 0.668. The number of hydrogen-bond donors (Lipinski definition) is 0. The number of hydrogen-bond acceptors (Lipinski definition) is 5. The van der Waals surface area contributed by atoms with Crippen molar-refractivity contribution in [3.8, 4) is 5.75 Å². The Morgan fingerprint density at radius 1 is 0.875 bits per heavy atom. The van der Waals surface area contributed by atoms with Crippen LogP contribution in [0.15, 0.2) is 48.5 Å². The Kier molecular flexibility index (Phi) is 7.66. The van der Waals surface area contributed by atoms with Crippen molar-refractivity contribution in [1.82, 2.24) is 14.7 Å². The predicted octanol–water partition coefficient (Wildman–Crippen LogP) is 2.86. The van der Waals surface area contributed by atoms with E-state index in [4.69, 9.17) is 4.74 Å². The molecule has 2 fully saturated rings. The lowest BCUT2D eigenvalue weighted by Gasteiger charge is -2.38. The van der Waals surface area contributed by atoms with Crippen LogP contribution < -0.4 is 9.64 Å². The number of anilines is 1. The van der Waals surface area contributed by atoms with Gasteiger partial charge in [-0.15, -0.1) is 0 Å². The smallest absolute Gasteiger partial charge is 0.236 e. The zero-order chi connectivity index (χ0) is 22.3. The first-order valence-corrected chi connectivity index (χ1v) is 11.9. The molecule has 0 unspecified atom stereocenters. The predicted molar refractivity (Wildman–Crippen MR) is 129 cm³/mol. The van der Waals surface area contributed by atoms with Gasteiger partial charge in [-0.2, -0.15) is 0 Å². The lowest BCUT2D eigenvalue weighted by Crippen LogP contribution is -2.53. The second kappa shape index (κ2) is 10.8. The summed E-state index contributed by atoms with van der Waals surface area (Å²) >= 11 is 0. The van der Waals surface area contributed by atoms with Crippen molar-refractivity contribution in [1.29, 1.82) is 0 Å². The molecule has 2 saturated heterocycles. The number of ether oxygens (including phenoxy) is 1. The zero-order valence-electron chi connectivity index (χ0n) is 19.5. The van der Waals surface area contributed by atoms with Crippen LogP contribution in [0.25, 0.3) is 0 Å². The largest absolute Gasteiger partial charge is 0.494 e. The van der Waals surface area contributed by atoms with E-state index in [1.165, 1.54) is 16.8 Å². The molecule has 1 amide bonds. The molecular weight excluding hydrogens is 400 g/mol. The van der Waals surface area contributed by atoms with Crippen molar-refractivity contribution in [3.05, 3.63) is 59.7 Å². The zero-order valence-corrected chi connectivity index (χ0v) is 19.5. The van der Waals surface area contributed by atoms with Crippen LogP contribution in [-0.2, 0) is 11.3 Å². The maximum atomic E-state index is 12.9. The third-order valence-corrected chi connectivity index (χ3v) is 6.46. The molecule has 0 N–H and O–H groups in total. The number of piperazine rings is 2. The van der Waals surface area contributed by atoms with Crippen LogP contribution in [0.4, 0.5) is 5.69 Å². The van der Waals surface area contributed by atoms with E-state index in [-0.39, 0.29) is 5.91 Å². The topological polar surface area (TPSA) is 39.3 Å². The number of carbonyl (C=O) groups excluding carboxylic acids is 1. The third kappa shape index (κ3) is 6.02. The van der Waals surface area contributed by atoms with E-state index >= 15 is 0 Å². The summed E-state index contributed by atoms with van der Waals surface area (Å²) in [6.45, 7) is 13.7. The summed E-state index contributed by atoms with van der Waals surface area (Å²) in [5, 5.41) is 0. The molecular formula is C26H36N4O2. The number of carbonyl (C=O) groups is 1. The van der Waals surface area contributed by atoms with Gasteiger partial charge in [0.05, 0.1) is 13.2 Å². The van der Waals surface area contributed by atoms with E-state index < -0.39 is 0 Å². The fourth-order valence-corrected chi connectivity index (χ4v) is 4.55. The molecule has 0 aromatic heterocycles. The molecule has 2 aromatic carbocycles. The lowest BCUT2D eigenvalue weighted by molar-refractivity contribution is -0.133. The van der Waals surface area contributed by atoms with Gasteiger partial charge in [0.1, 0.15) is 5.75 Å². The summed E-state index contributed by atoms with van der Waals surface area (Å²) < 4.78 is 5.53. The maximum Gasteiger partial charge on any atom is 0.236 e. The maximum absolute atomic E-state index is 12.9. The average Bonchev–Trinajstić information content (AvgIpc) is 2.82. The third-order valence-electron chi connectivity index (χ3n) is 6.46. The summed E-state index contributed by atoms with van der Waals surface area (Å²) in [6.07, 6.45) is 0. The van der Waals surface area contributed by atoms with Gasteiger partial charge in [-0.1, -0.05) is 24.3 Å². The molecule has 2 aromatic rings. The number of rotatable bonds is 7. The van der Waals surface area contributed by atoms with E-state index in [0.717, 1.165) is 64.7 Å². The average molecular weight is 437 g/mol. The molecule has 6 heteroatoms. The van der Waals surface area contributed by atoms with E-state index in [9.17, 15) is 4.79 Å². The van der Waals surface area contributed by atoms with Crippen molar-refractivity contribution in [3.63, 3.8) is 0 Å². The fourth-order valence-electron chi connectivity index (χ4n) is 4.55. The molecule has 32 heavy (non-hydrogen) atoms. The fraction of sp³-hybridized carbons (Fsp3) is 0.500. The Labute approximate surface area is 192 Å². The molecule has 4 rings (SSSR count). The van der Waals surface area contributed by atoms with Crippen LogP contribution in [-0.4, -0.2) is 86.1 Å². The van der Waals surface area contributed by atoms with E-state index in [1.807, 2.05) is 24.0 Å². The molecule has 0 spiro atoms. The monoisotopic (exact) mass is 436 g/mol. The van der Waals surface area contributed by atoms with Gasteiger partial charge in [-0.05, 0) is 49.2 Å². The summed E-state index contributed by atoms with van der Waals surface area (Å²) in [6, 6.07) is 17.0. The van der Waals surface area contributed by atoms with Crippen LogP contribution in [0.5, 0.6) is 5.75 Å². The summed E-state index contributed by atoms with van der Waals surface area (Å²) in [4.78, 5) is 22.1. The summed E-state index contributed by atoms with van der Waals surface area (Å²) in [5.41, 5.74) is 3.85. The highest BCUT2D eigenvalue weighted by atomic mass is 16.5. The van der Waals surface area contributed by atoms with Crippen molar-refractivity contribution in [2.24, 2.45) is 0 Å². The molecule has 0 atom stereocenters. The Bertz CT molecular complexity index is 870. The normalized spacial score (nSPS) is 18.1. The van der Waals surface area contributed by atoms with Gasteiger partial charge in [0.15, 0.2) is 0 Å². The van der Waals surface area contributed by atoms with Crippen LogP contribution in [0.3, 0.4) is 0 Å². The minimum atomic E-state index is 0.272. The highest BCUT2D eigenvalue weighted by molar-refractivity contribution is 5.78. The van der Waals surface area contributed by atoms with E-state index in [0.29, 0.717) is 13.2 Å². The Hall–Kier alpha value is -2.57. The lowest BCUT2D eigenvalue weighted by atomic mass is 10.2. The number of aryl methyl sites for hydroxylation is 1. The Balaban J connectivity index is 1.18. The SMILES string of the molecule is CCOc1ccc(CN2CCN(CC(=O)N3CCN(c4cccc(C)c4)CC3)CC2)cc1. The van der Waals surface area contributed by atoms with Gasteiger partial charge >= 0.3 is 0 Å².